The number of halogens is 2. The van der Waals surface area contributed by atoms with E-state index in [1.165, 1.54) is 24.3 Å². The van der Waals surface area contributed by atoms with Crippen molar-refractivity contribution < 1.29 is 23.2 Å². The zero-order chi connectivity index (χ0) is 71.2. The fourth-order valence-corrected chi connectivity index (χ4v) is 11.5. The molecule has 0 atom stereocenters. The molecule has 7 N–H and O–H groups in total. The van der Waals surface area contributed by atoms with Gasteiger partial charge in [-0.3, -0.25) is 19.5 Å². The minimum Gasteiger partial charge on any atom is -0.367 e. The van der Waals surface area contributed by atoms with Gasteiger partial charge in [0.2, 0.25) is 35.6 Å². The third-order valence-corrected chi connectivity index (χ3v) is 16.7. The highest BCUT2D eigenvalue weighted by molar-refractivity contribution is 6.03. The van der Waals surface area contributed by atoms with E-state index in [9.17, 15) is 18.8 Å². The Labute approximate surface area is 590 Å². The largest absolute Gasteiger partial charge is 0.367 e. The number of para-hydroxylation sites is 3. The van der Waals surface area contributed by atoms with Gasteiger partial charge in [-0.2, -0.15) is 10.2 Å². The van der Waals surface area contributed by atoms with Gasteiger partial charge in [0.25, 0.3) is 0 Å². The number of H-pyrrole nitrogens is 1. The smallest absolute Gasteiger partial charge is 0.247 e. The van der Waals surface area contributed by atoms with Gasteiger partial charge in [0.05, 0.1) is 39.8 Å². The maximum absolute atomic E-state index is 15.0. The number of carbonyl (C=O) groups excluding carboxylic acids is 3. The number of piperazine rings is 1. The lowest BCUT2D eigenvalue weighted by molar-refractivity contribution is -0.112. The fraction of sp³-hybridized carbons (Fsp3) is 0.0625. The molecule has 0 unspecified atom stereocenters. The van der Waals surface area contributed by atoms with Crippen LogP contribution in [-0.2, 0) is 14.4 Å². The summed E-state index contributed by atoms with van der Waals surface area (Å²) in [5, 5.41) is 31.4. The van der Waals surface area contributed by atoms with Crippen molar-refractivity contribution in [1.29, 1.82) is 0 Å². The Morgan fingerprint density at radius 2 is 0.903 bits per heavy atom. The van der Waals surface area contributed by atoms with Gasteiger partial charge in [-0.1, -0.05) is 123 Å². The van der Waals surface area contributed by atoms with E-state index in [1.54, 1.807) is 41.7 Å². The number of aromatic nitrogens is 10. The quantitative estimate of drug-likeness (QED) is 0.0394. The van der Waals surface area contributed by atoms with Crippen molar-refractivity contribution in [3.63, 3.8) is 0 Å². The lowest BCUT2D eigenvalue weighted by Crippen LogP contribution is -2.44. The van der Waals surface area contributed by atoms with Crippen molar-refractivity contribution in [1.82, 2.24) is 54.8 Å². The second-order valence-electron chi connectivity index (χ2n) is 23.6. The number of fused-ring (bicyclic) bond motifs is 3. The van der Waals surface area contributed by atoms with Crippen LogP contribution in [0.25, 0.3) is 82.9 Å². The summed E-state index contributed by atoms with van der Waals surface area (Å²) in [6.45, 7) is 13.3. The fourth-order valence-electron chi connectivity index (χ4n) is 11.5. The van der Waals surface area contributed by atoms with E-state index in [4.69, 9.17) is 9.97 Å². The van der Waals surface area contributed by atoms with Crippen molar-refractivity contribution in [3.05, 3.63) is 287 Å². The molecule has 3 amide bonds. The van der Waals surface area contributed by atoms with Gasteiger partial charge in [0.15, 0.2) is 0 Å². The van der Waals surface area contributed by atoms with Crippen molar-refractivity contribution in [2.24, 2.45) is 0 Å². The van der Waals surface area contributed by atoms with Crippen molar-refractivity contribution in [2.45, 2.75) is 0 Å². The minimum atomic E-state index is -0.585. The van der Waals surface area contributed by atoms with E-state index in [-0.39, 0.29) is 35.0 Å². The molecule has 6 heterocycles. The van der Waals surface area contributed by atoms with Crippen LogP contribution in [0.3, 0.4) is 0 Å². The Bertz CT molecular complexity index is 5210. The molecule has 5 aromatic heterocycles. The molecule has 1 fully saturated rings. The molecule has 15 rings (SSSR count). The van der Waals surface area contributed by atoms with Crippen LogP contribution in [0.5, 0.6) is 0 Å². The summed E-state index contributed by atoms with van der Waals surface area (Å²) in [5.41, 5.74) is 14.7. The number of hydrogen-bond donors (Lipinski definition) is 7. The first-order valence-corrected chi connectivity index (χ1v) is 32.6. The molecular weight excluding hydrogens is 1300 g/mol. The average Bonchev–Trinajstić information content (AvgIpc) is 1.05. The molecule has 0 spiro atoms. The van der Waals surface area contributed by atoms with Crippen LogP contribution in [0, 0.1) is 11.6 Å². The zero-order valence-electron chi connectivity index (χ0n) is 55.6. The summed E-state index contributed by atoms with van der Waals surface area (Å²) >= 11 is 0. The predicted molar refractivity (Wildman–Crippen MR) is 405 cm³/mol. The third kappa shape index (κ3) is 16.5. The first-order valence-electron chi connectivity index (χ1n) is 32.6. The number of nitrogens with one attached hydrogen (secondary N) is 7. The average molecular weight is 1370 g/mol. The molecule has 0 saturated carbocycles. The van der Waals surface area contributed by atoms with Crippen LogP contribution in [0.2, 0.25) is 0 Å². The number of benzene rings is 9. The van der Waals surface area contributed by atoms with E-state index < -0.39 is 11.6 Å². The molecule has 9 aromatic carbocycles. The summed E-state index contributed by atoms with van der Waals surface area (Å²) in [4.78, 5) is 66.5. The molecule has 21 nitrogen and oxygen atoms in total. The van der Waals surface area contributed by atoms with Gasteiger partial charge >= 0.3 is 0 Å². The van der Waals surface area contributed by atoms with Gasteiger partial charge in [0.1, 0.15) is 11.6 Å². The van der Waals surface area contributed by atoms with Crippen LogP contribution in [0.1, 0.15) is 0 Å². The van der Waals surface area contributed by atoms with Crippen molar-refractivity contribution >= 4 is 108 Å². The van der Waals surface area contributed by atoms with Crippen LogP contribution in [0.4, 0.5) is 66.4 Å². The molecule has 508 valence electrons. The normalized spacial score (nSPS) is 11.9. The maximum Gasteiger partial charge on any atom is 0.247 e. The highest BCUT2D eigenvalue weighted by atomic mass is 19.1. The molecule has 1 aliphatic heterocycles. The lowest BCUT2D eigenvalue weighted by Gasteiger charge is -2.34. The summed E-state index contributed by atoms with van der Waals surface area (Å²) in [7, 11) is 2.01. The molecule has 1 aliphatic rings. The van der Waals surface area contributed by atoms with E-state index >= 15 is 4.39 Å². The van der Waals surface area contributed by atoms with E-state index in [0.29, 0.717) is 47.6 Å². The SMILES string of the molecule is C=CC(=O)Nc1cccc(-c2cccc3cnc(Nc4cc(F)c(N5CCN(C)CC5)cc4F)nc23)c1.C=CC(=O)Nc1cccc(-c2cccc3cnc(Nc4ccc(-c5cn[nH]c5)cc4)nc23)c1.C=CC(=O)Nc1cccc(-c2cccc3cnc(Nc4ccc(-n5cccn5)cc4)nc23)c1. The molecule has 0 radical (unpaired) electrons. The maximum atomic E-state index is 15.0. The van der Waals surface area contributed by atoms with E-state index in [2.05, 4.69) is 91.8 Å². The number of likely N-dealkylation sites (N-methyl/N-ethyl adjacent to an activating group) is 1. The number of aromatic amines is 1. The summed E-state index contributed by atoms with van der Waals surface area (Å²) < 4.78 is 31.8. The summed E-state index contributed by atoms with van der Waals surface area (Å²) in [6, 6.07) is 60.3. The van der Waals surface area contributed by atoms with Gasteiger partial charge in [-0.15, -0.1) is 0 Å². The molecule has 23 heteroatoms. The molecule has 14 aromatic rings. The van der Waals surface area contributed by atoms with Crippen LogP contribution in [-0.4, -0.2) is 106 Å². The number of rotatable bonds is 18. The third-order valence-electron chi connectivity index (χ3n) is 16.7. The number of nitrogens with zero attached hydrogens (tertiary/aromatic N) is 11. The molecule has 103 heavy (non-hydrogen) atoms. The minimum absolute atomic E-state index is 0.0404. The number of anilines is 10. The monoisotopic (exact) mass is 1360 g/mol. The number of hydrogen-bond acceptors (Lipinski definition) is 16. The molecule has 0 aliphatic carbocycles. The Balaban J connectivity index is 0.000000138. The van der Waals surface area contributed by atoms with Gasteiger partial charge in [-0.05, 0) is 126 Å². The van der Waals surface area contributed by atoms with Crippen LogP contribution in [0.15, 0.2) is 275 Å². The van der Waals surface area contributed by atoms with Gasteiger partial charge in [-0.25, -0.2) is 43.4 Å². The highest BCUT2D eigenvalue weighted by Gasteiger charge is 2.21. The Kier molecular flexibility index (Phi) is 20.5. The topological polar surface area (TPSA) is 254 Å². The predicted octanol–water partition coefficient (Wildman–Crippen LogP) is 16.1. The lowest BCUT2D eigenvalue weighted by atomic mass is 10.0. The Morgan fingerprint density at radius 1 is 0.456 bits per heavy atom. The number of amides is 3. The Hall–Kier alpha value is -13.9. The first-order chi connectivity index (χ1) is 50.3. The van der Waals surface area contributed by atoms with Crippen molar-refractivity contribution in [3.8, 4) is 50.2 Å². The first kappa shape index (κ1) is 67.6. The van der Waals surface area contributed by atoms with Crippen LogP contribution < -0.4 is 36.8 Å². The van der Waals surface area contributed by atoms with Gasteiger partial charge in [0, 0.05) is 142 Å². The second kappa shape index (κ2) is 31.3. The second-order valence-corrected chi connectivity index (χ2v) is 23.6. The number of carbonyl (C=O) groups is 3. The van der Waals surface area contributed by atoms with Crippen molar-refractivity contribution in [2.75, 3.05) is 70.0 Å². The summed E-state index contributed by atoms with van der Waals surface area (Å²) in [6.07, 6.45) is 16.2. The van der Waals surface area contributed by atoms with Gasteiger partial charge < -0.3 is 41.7 Å². The Morgan fingerprint density at radius 3 is 1.33 bits per heavy atom. The highest BCUT2D eigenvalue weighted by Crippen LogP contribution is 2.35. The molecule has 0 bridgehead atoms. The zero-order valence-corrected chi connectivity index (χ0v) is 55.6. The van der Waals surface area contributed by atoms with E-state index in [1.807, 2.05) is 200 Å². The van der Waals surface area contributed by atoms with E-state index in [0.717, 1.165) is 108 Å². The molecule has 1 saturated heterocycles. The van der Waals surface area contributed by atoms with Crippen LogP contribution >= 0.6 is 0 Å². The summed E-state index contributed by atoms with van der Waals surface area (Å²) in [5.74, 6) is -0.764. The molecular formula is C80H66F2N18O3. The standard InChI is InChI=1S/C28H26F2N6O.2C26H20N6O/c1-3-26(37)32-20-8-4-6-18(14-20)21-9-5-7-19-17-31-28(34-27(19)21)33-24-15-23(30)25(16-22(24)29)36-12-10-35(2)11-13-36;1-2-24(33)29-21-8-3-6-18(16-21)23-9-4-7-19-17-27-26(31-25(19)23)30-20-10-12-22(13-11-20)32-15-5-14-28-32;1-2-24(33)30-22-7-3-5-18(13-22)23-8-4-6-19-14-27-26(32-25(19)23)31-21-11-9-17(10-12-21)20-15-28-29-16-20/h3-9,14-17H,1,10-13H2,2H3,(H,32,37)(H,31,33,34);2-17H,1H2,(H,29,33)(H,27,30,31);2-16H,1H2,(H,28,29)(H,30,33)(H,27,31,32).